The normalized spacial score (nSPS) is 11.4. The number of nitrogens with zero attached hydrogens (tertiary/aromatic N) is 4. The van der Waals surface area contributed by atoms with E-state index in [0.29, 0.717) is 11.8 Å². The average molecular weight is 397 g/mol. The number of halogens is 4. The lowest BCUT2D eigenvalue weighted by molar-refractivity contribution is -0.383. The van der Waals surface area contributed by atoms with Gasteiger partial charge in [0.15, 0.2) is 0 Å². The number of thioether (sulfide) groups is 1. The summed E-state index contributed by atoms with van der Waals surface area (Å²) < 4.78 is 37.8. The van der Waals surface area contributed by atoms with Crippen LogP contribution in [0.1, 0.15) is 5.82 Å². The number of nitrogen functional groups attached to an aromatic ring is 1. The molecule has 1 aromatic heterocycles. The molecule has 0 aliphatic rings. The number of nitrogens with two attached hydrogens (primary N) is 1. The molecule has 0 spiro atoms. The molecule has 134 valence electrons. The summed E-state index contributed by atoms with van der Waals surface area (Å²) in [6, 6.07) is 3.62. The molecule has 3 N–H and O–H groups in total. The number of alkyl halides is 3. The smallest absolute Gasteiger partial charge is 0.335 e. The third-order valence-electron chi connectivity index (χ3n) is 2.68. The van der Waals surface area contributed by atoms with Crippen molar-refractivity contribution in [3.8, 4) is 0 Å². The molecule has 0 unspecified atom stereocenters. The van der Waals surface area contributed by atoms with Crippen LogP contribution in [0.3, 0.4) is 0 Å². The lowest BCUT2D eigenvalue weighted by Gasteiger charge is -2.07. The van der Waals surface area contributed by atoms with Crippen molar-refractivity contribution >= 4 is 40.6 Å². The van der Waals surface area contributed by atoms with Crippen LogP contribution in [0, 0.1) is 10.1 Å². The Morgan fingerprint density at radius 3 is 2.68 bits per heavy atom. The second kappa shape index (κ2) is 7.14. The summed E-state index contributed by atoms with van der Waals surface area (Å²) in [5, 5.41) is 19.1. The van der Waals surface area contributed by atoms with Gasteiger partial charge in [0.2, 0.25) is 11.1 Å². The number of hydrogen-bond acceptors (Lipinski definition) is 7. The predicted octanol–water partition coefficient (Wildman–Crippen LogP) is 2.30. The molecule has 25 heavy (non-hydrogen) atoms. The van der Waals surface area contributed by atoms with Crippen LogP contribution < -0.4 is 11.2 Å². The summed E-state index contributed by atoms with van der Waals surface area (Å²) in [6.07, 6.45) is -4.78. The van der Waals surface area contributed by atoms with Gasteiger partial charge >= 0.3 is 6.18 Å². The zero-order valence-electron chi connectivity index (χ0n) is 12.0. The molecule has 1 aromatic carbocycles. The van der Waals surface area contributed by atoms with Gasteiger partial charge in [-0.1, -0.05) is 23.4 Å². The zero-order valence-corrected chi connectivity index (χ0v) is 13.5. The van der Waals surface area contributed by atoms with Gasteiger partial charge in [-0.2, -0.15) is 13.2 Å². The monoisotopic (exact) mass is 396 g/mol. The topological polar surface area (TPSA) is 129 Å². The van der Waals surface area contributed by atoms with Crippen molar-refractivity contribution in [3.05, 3.63) is 39.2 Å². The van der Waals surface area contributed by atoms with Gasteiger partial charge in [0, 0.05) is 11.1 Å². The Morgan fingerprint density at radius 2 is 2.12 bits per heavy atom. The molecule has 1 heterocycles. The van der Waals surface area contributed by atoms with Crippen molar-refractivity contribution in [2.24, 2.45) is 0 Å². The van der Waals surface area contributed by atoms with Gasteiger partial charge in [-0.25, -0.2) is 4.68 Å². The molecule has 14 heteroatoms. The zero-order chi connectivity index (χ0) is 18.8. The number of nitro groups is 1. The van der Waals surface area contributed by atoms with E-state index in [9.17, 15) is 28.1 Å². The van der Waals surface area contributed by atoms with E-state index in [-0.39, 0.29) is 20.5 Å². The van der Waals surface area contributed by atoms with Crippen molar-refractivity contribution in [1.29, 1.82) is 0 Å². The van der Waals surface area contributed by atoms with E-state index in [1.165, 1.54) is 12.1 Å². The van der Waals surface area contributed by atoms with Crippen molar-refractivity contribution in [2.45, 2.75) is 11.3 Å². The Balaban J connectivity index is 2.05. The van der Waals surface area contributed by atoms with Crippen LogP contribution in [-0.4, -0.2) is 31.5 Å². The first-order valence-corrected chi connectivity index (χ1v) is 7.60. The number of nitrogens with one attached hydrogen (secondary N) is 1. The van der Waals surface area contributed by atoms with Crippen LogP contribution in [0.4, 0.5) is 24.5 Å². The second-order valence-electron chi connectivity index (χ2n) is 4.43. The summed E-state index contributed by atoms with van der Waals surface area (Å²) in [5.41, 5.74) is -0.530. The minimum Gasteiger partial charge on any atom is -0.335 e. The molecule has 0 fully saturated rings. The Bertz CT molecular complexity index is 828. The highest BCUT2D eigenvalue weighted by Crippen LogP contribution is 2.30. The van der Waals surface area contributed by atoms with Crippen LogP contribution in [0.25, 0.3) is 0 Å². The van der Waals surface area contributed by atoms with E-state index >= 15 is 0 Å². The van der Waals surface area contributed by atoms with Crippen molar-refractivity contribution < 1.29 is 22.9 Å². The van der Waals surface area contributed by atoms with E-state index in [4.69, 9.17) is 17.4 Å². The fourth-order valence-electron chi connectivity index (χ4n) is 1.65. The number of carbonyl (C=O) groups excluding carboxylic acids is 1. The summed E-state index contributed by atoms with van der Waals surface area (Å²) >= 11 is 6.24. The number of benzene rings is 1. The fourth-order valence-corrected chi connectivity index (χ4v) is 2.47. The van der Waals surface area contributed by atoms with Crippen LogP contribution in [0.15, 0.2) is 23.4 Å². The van der Waals surface area contributed by atoms with Gasteiger partial charge in [0.05, 0.1) is 10.7 Å². The molecule has 0 saturated heterocycles. The van der Waals surface area contributed by atoms with Gasteiger partial charge < -0.3 is 11.2 Å². The van der Waals surface area contributed by atoms with Crippen molar-refractivity contribution in [1.82, 2.24) is 14.9 Å². The number of nitro benzene ring substituents is 1. The van der Waals surface area contributed by atoms with Crippen molar-refractivity contribution in [3.63, 3.8) is 0 Å². The van der Waals surface area contributed by atoms with Crippen molar-refractivity contribution in [2.75, 3.05) is 16.9 Å². The van der Waals surface area contributed by atoms with Gasteiger partial charge in [-0.3, -0.25) is 14.9 Å². The molecule has 0 radical (unpaired) electrons. The molecule has 0 bridgehead atoms. The van der Waals surface area contributed by atoms with Gasteiger partial charge in [0.1, 0.15) is 5.69 Å². The number of aromatic nitrogens is 3. The standard InChI is InChI=1S/C11H8ClF3N6O3S/c12-5-1-2-6(7(3-5)21(23)24)17-8(22)4-25-10-19-18-9(20(10)16)11(13,14)15/h1-3H,4,16H2,(H,17,22). The molecule has 2 aromatic rings. The van der Waals surface area contributed by atoms with Gasteiger partial charge in [-0.15, -0.1) is 10.2 Å². The molecular weight excluding hydrogens is 389 g/mol. The number of anilines is 1. The largest absolute Gasteiger partial charge is 0.453 e. The Labute approximate surface area is 146 Å². The Hall–Kier alpha value is -2.54. The predicted molar refractivity (Wildman–Crippen MR) is 82.6 cm³/mol. The van der Waals surface area contributed by atoms with E-state index in [2.05, 4.69) is 15.5 Å². The number of carbonyl (C=O) groups is 1. The molecular formula is C11H8ClF3N6O3S. The van der Waals surface area contributed by atoms with E-state index in [1.54, 1.807) is 0 Å². The maximum Gasteiger partial charge on any atom is 0.453 e. The Morgan fingerprint density at radius 1 is 1.44 bits per heavy atom. The quantitative estimate of drug-likeness (QED) is 0.343. The first-order chi connectivity index (χ1) is 11.6. The summed E-state index contributed by atoms with van der Waals surface area (Å²) in [4.78, 5) is 22.0. The first kappa shape index (κ1) is 18.8. The SMILES string of the molecule is Nn1c(SCC(=O)Nc2ccc(Cl)cc2[N+](=O)[O-])nnc1C(F)(F)F. The minimum absolute atomic E-state index is 0.106. The molecule has 9 nitrogen and oxygen atoms in total. The molecule has 2 rings (SSSR count). The fraction of sp³-hybridized carbons (Fsp3) is 0.182. The van der Waals surface area contributed by atoms with Crippen LogP contribution >= 0.6 is 23.4 Å². The highest BCUT2D eigenvalue weighted by molar-refractivity contribution is 7.99. The first-order valence-electron chi connectivity index (χ1n) is 6.24. The van der Waals surface area contributed by atoms with Gasteiger partial charge in [0.25, 0.3) is 11.5 Å². The highest BCUT2D eigenvalue weighted by Gasteiger charge is 2.38. The van der Waals surface area contributed by atoms with Crippen LogP contribution in [-0.2, 0) is 11.0 Å². The Kier molecular flexibility index (Phi) is 5.37. The summed E-state index contributed by atoms with van der Waals surface area (Å²) in [6.45, 7) is 0. The molecule has 0 saturated carbocycles. The van der Waals surface area contributed by atoms with E-state index in [1.807, 2.05) is 0 Å². The van der Waals surface area contributed by atoms with Crippen LogP contribution in [0.5, 0.6) is 0 Å². The third-order valence-corrected chi connectivity index (χ3v) is 3.86. The van der Waals surface area contributed by atoms with Gasteiger partial charge in [-0.05, 0) is 12.1 Å². The highest BCUT2D eigenvalue weighted by atomic mass is 35.5. The lowest BCUT2D eigenvalue weighted by atomic mass is 10.2. The summed E-state index contributed by atoms with van der Waals surface area (Å²) in [5.74, 6) is 2.70. The molecule has 1 amide bonds. The average Bonchev–Trinajstić information content (AvgIpc) is 2.88. The second-order valence-corrected chi connectivity index (χ2v) is 5.81. The minimum atomic E-state index is -4.78. The maximum atomic E-state index is 12.5. The number of rotatable bonds is 5. The maximum absolute atomic E-state index is 12.5. The number of hydrogen-bond donors (Lipinski definition) is 2. The molecule has 0 aliphatic heterocycles. The molecule has 0 atom stereocenters. The summed E-state index contributed by atoms with van der Waals surface area (Å²) in [7, 11) is 0. The van der Waals surface area contributed by atoms with Crippen LogP contribution in [0.2, 0.25) is 5.02 Å². The molecule has 0 aliphatic carbocycles. The van der Waals surface area contributed by atoms with E-state index in [0.717, 1.165) is 6.07 Å². The van der Waals surface area contributed by atoms with E-state index < -0.39 is 34.3 Å². The lowest BCUT2D eigenvalue weighted by Crippen LogP contribution is -2.22. The number of amides is 1. The third kappa shape index (κ3) is 4.51.